The molecule has 2 N–H and O–H groups in total. The van der Waals surface area contributed by atoms with Gasteiger partial charge in [-0.15, -0.1) is 0 Å². The van der Waals surface area contributed by atoms with Gasteiger partial charge in [0, 0.05) is 12.3 Å². The molecule has 114 valence electrons. The first kappa shape index (κ1) is 14.7. The van der Waals surface area contributed by atoms with Crippen molar-refractivity contribution in [2.45, 2.75) is 6.92 Å². The topological polar surface area (TPSA) is 71.1 Å². The molecule has 0 unspecified atom stereocenters. The Kier molecular flexibility index (Phi) is 4.01. The van der Waals surface area contributed by atoms with Crippen LogP contribution in [0.2, 0.25) is 0 Å². The molecule has 0 saturated carbocycles. The number of benzene rings is 2. The lowest BCUT2D eigenvalue weighted by Gasteiger charge is -2.10. The Labute approximate surface area is 133 Å². The van der Waals surface area contributed by atoms with Crippen molar-refractivity contribution in [1.82, 2.24) is 4.98 Å². The Hall–Kier alpha value is -3.21. The molecule has 0 radical (unpaired) electrons. The highest BCUT2D eigenvalue weighted by atomic mass is 16.2. The van der Waals surface area contributed by atoms with Gasteiger partial charge in [0.25, 0.3) is 5.91 Å². The summed E-state index contributed by atoms with van der Waals surface area (Å²) in [5.74, 6) is -0.0856. The van der Waals surface area contributed by atoms with Crippen molar-refractivity contribution in [2.75, 3.05) is 10.6 Å². The number of carbonyl (C=O) groups is 2. The van der Waals surface area contributed by atoms with Crippen LogP contribution in [0.4, 0.5) is 11.5 Å². The standard InChI is InChI=1S/C18H15N3O2/c1-12(22)19-16-9-5-3-7-14(16)18(23)21-17-11-10-13-6-2-4-8-15(13)20-17/h2-11H,1H3,(H,19,22)(H,20,21,23). The quantitative estimate of drug-likeness (QED) is 0.778. The second-order valence-electron chi connectivity index (χ2n) is 5.07. The summed E-state index contributed by atoms with van der Waals surface area (Å²) < 4.78 is 0. The molecule has 5 heteroatoms. The van der Waals surface area contributed by atoms with Crippen LogP contribution in [0.1, 0.15) is 17.3 Å². The Morgan fingerprint density at radius 1 is 0.870 bits per heavy atom. The minimum atomic E-state index is -0.322. The van der Waals surface area contributed by atoms with E-state index < -0.39 is 0 Å². The first-order valence-corrected chi connectivity index (χ1v) is 7.17. The van der Waals surface area contributed by atoms with E-state index in [2.05, 4.69) is 15.6 Å². The summed E-state index contributed by atoms with van der Waals surface area (Å²) in [7, 11) is 0. The Morgan fingerprint density at radius 3 is 2.43 bits per heavy atom. The fourth-order valence-corrected chi connectivity index (χ4v) is 2.30. The van der Waals surface area contributed by atoms with Crippen LogP contribution < -0.4 is 10.6 Å². The number of anilines is 2. The number of fused-ring (bicyclic) bond motifs is 1. The van der Waals surface area contributed by atoms with Crippen LogP contribution in [-0.4, -0.2) is 16.8 Å². The van der Waals surface area contributed by atoms with Crippen molar-refractivity contribution >= 4 is 34.2 Å². The molecule has 23 heavy (non-hydrogen) atoms. The van der Waals surface area contributed by atoms with Gasteiger partial charge in [-0.2, -0.15) is 0 Å². The fourth-order valence-electron chi connectivity index (χ4n) is 2.30. The van der Waals surface area contributed by atoms with Crippen molar-refractivity contribution in [1.29, 1.82) is 0 Å². The number of hydrogen-bond acceptors (Lipinski definition) is 3. The maximum absolute atomic E-state index is 12.5. The number of hydrogen-bond donors (Lipinski definition) is 2. The lowest BCUT2D eigenvalue weighted by Crippen LogP contribution is -2.17. The SMILES string of the molecule is CC(=O)Nc1ccccc1C(=O)Nc1ccc2ccccc2n1. The second-order valence-corrected chi connectivity index (χ2v) is 5.07. The molecule has 0 spiro atoms. The van der Waals surface area contributed by atoms with E-state index in [0.29, 0.717) is 17.1 Å². The molecule has 0 aliphatic carbocycles. The van der Waals surface area contributed by atoms with E-state index in [4.69, 9.17) is 0 Å². The third-order valence-corrected chi connectivity index (χ3v) is 3.32. The van der Waals surface area contributed by atoms with Gasteiger partial charge in [-0.1, -0.05) is 30.3 Å². The molecule has 3 aromatic rings. The van der Waals surface area contributed by atoms with Crippen molar-refractivity contribution in [3.05, 3.63) is 66.2 Å². The maximum Gasteiger partial charge on any atom is 0.258 e. The average molecular weight is 305 g/mol. The van der Waals surface area contributed by atoms with Gasteiger partial charge in [0.2, 0.25) is 5.91 Å². The van der Waals surface area contributed by atoms with E-state index in [0.717, 1.165) is 10.9 Å². The molecule has 0 atom stereocenters. The number of rotatable bonds is 3. The highest BCUT2D eigenvalue weighted by molar-refractivity contribution is 6.09. The number of pyridine rings is 1. The molecule has 1 heterocycles. The van der Waals surface area contributed by atoms with Crippen molar-refractivity contribution in [3.63, 3.8) is 0 Å². The van der Waals surface area contributed by atoms with Gasteiger partial charge in [0.05, 0.1) is 16.8 Å². The van der Waals surface area contributed by atoms with Gasteiger partial charge in [-0.3, -0.25) is 9.59 Å². The number of nitrogens with one attached hydrogen (secondary N) is 2. The molecule has 3 rings (SSSR count). The fraction of sp³-hybridized carbons (Fsp3) is 0.0556. The zero-order valence-corrected chi connectivity index (χ0v) is 12.5. The van der Waals surface area contributed by atoms with Gasteiger partial charge in [-0.05, 0) is 30.3 Å². The highest BCUT2D eigenvalue weighted by Crippen LogP contribution is 2.18. The summed E-state index contributed by atoms with van der Waals surface area (Å²) in [6, 6.07) is 18.2. The minimum Gasteiger partial charge on any atom is -0.326 e. The van der Waals surface area contributed by atoms with Crippen LogP contribution in [0.15, 0.2) is 60.7 Å². The first-order chi connectivity index (χ1) is 11.1. The monoisotopic (exact) mass is 305 g/mol. The summed E-state index contributed by atoms with van der Waals surface area (Å²) in [5.41, 5.74) is 1.66. The summed E-state index contributed by atoms with van der Waals surface area (Å²) in [6.45, 7) is 1.40. The van der Waals surface area contributed by atoms with E-state index in [1.165, 1.54) is 6.92 Å². The normalized spacial score (nSPS) is 10.3. The van der Waals surface area contributed by atoms with Gasteiger partial charge in [0.1, 0.15) is 5.82 Å². The molecular formula is C18H15N3O2. The number of nitrogens with zero attached hydrogens (tertiary/aromatic N) is 1. The molecular weight excluding hydrogens is 290 g/mol. The lowest BCUT2D eigenvalue weighted by molar-refractivity contribution is -0.114. The molecule has 5 nitrogen and oxygen atoms in total. The van der Waals surface area contributed by atoms with Crippen LogP contribution in [0.25, 0.3) is 10.9 Å². The molecule has 0 bridgehead atoms. The molecule has 2 aromatic carbocycles. The molecule has 0 fully saturated rings. The first-order valence-electron chi connectivity index (χ1n) is 7.17. The number of amides is 2. The molecule has 2 amide bonds. The third kappa shape index (κ3) is 3.35. The summed E-state index contributed by atoms with van der Waals surface area (Å²) in [6.07, 6.45) is 0. The zero-order chi connectivity index (χ0) is 16.2. The van der Waals surface area contributed by atoms with Crippen LogP contribution in [0.5, 0.6) is 0 Å². The molecule has 0 saturated heterocycles. The smallest absolute Gasteiger partial charge is 0.258 e. The van der Waals surface area contributed by atoms with Crippen molar-refractivity contribution < 1.29 is 9.59 Å². The predicted octanol–water partition coefficient (Wildman–Crippen LogP) is 3.45. The van der Waals surface area contributed by atoms with Gasteiger partial charge in [0.15, 0.2) is 0 Å². The van der Waals surface area contributed by atoms with Crippen LogP contribution >= 0.6 is 0 Å². The van der Waals surface area contributed by atoms with Gasteiger partial charge in [-0.25, -0.2) is 4.98 Å². The molecule has 1 aromatic heterocycles. The van der Waals surface area contributed by atoms with Crippen LogP contribution in [0.3, 0.4) is 0 Å². The van der Waals surface area contributed by atoms with Crippen molar-refractivity contribution in [3.8, 4) is 0 Å². The predicted molar refractivity (Wildman–Crippen MR) is 90.4 cm³/mol. The Balaban J connectivity index is 1.87. The maximum atomic E-state index is 12.5. The Morgan fingerprint density at radius 2 is 1.61 bits per heavy atom. The average Bonchev–Trinajstić information content (AvgIpc) is 2.54. The Bertz CT molecular complexity index is 890. The van der Waals surface area contributed by atoms with E-state index in [1.807, 2.05) is 30.3 Å². The lowest BCUT2D eigenvalue weighted by atomic mass is 10.1. The number of carbonyl (C=O) groups excluding carboxylic acids is 2. The summed E-state index contributed by atoms with van der Waals surface area (Å²) in [4.78, 5) is 28.1. The number of para-hydroxylation sites is 2. The van der Waals surface area contributed by atoms with Crippen LogP contribution in [0, 0.1) is 0 Å². The summed E-state index contributed by atoms with van der Waals surface area (Å²) in [5, 5.41) is 6.42. The molecule has 0 aliphatic heterocycles. The minimum absolute atomic E-state index is 0.228. The highest BCUT2D eigenvalue weighted by Gasteiger charge is 2.12. The van der Waals surface area contributed by atoms with E-state index >= 15 is 0 Å². The van der Waals surface area contributed by atoms with Crippen LogP contribution in [-0.2, 0) is 4.79 Å². The third-order valence-electron chi connectivity index (χ3n) is 3.32. The van der Waals surface area contributed by atoms with E-state index in [-0.39, 0.29) is 11.8 Å². The number of aromatic nitrogens is 1. The van der Waals surface area contributed by atoms with Gasteiger partial charge < -0.3 is 10.6 Å². The van der Waals surface area contributed by atoms with Gasteiger partial charge >= 0.3 is 0 Å². The van der Waals surface area contributed by atoms with E-state index in [1.54, 1.807) is 30.3 Å². The van der Waals surface area contributed by atoms with Crippen molar-refractivity contribution in [2.24, 2.45) is 0 Å². The largest absolute Gasteiger partial charge is 0.326 e. The van der Waals surface area contributed by atoms with E-state index in [9.17, 15) is 9.59 Å². The summed E-state index contributed by atoms with van der Waals surface area (Å²) >= 11 is 0. The zero-order valence-electron chi connectivity index (χ0n) is 12.5. The molecule has 0 aliphatic rings. The second kappa shape index (κ2) is 6.27.